The molecule has 1 aliphatic rings. The lowest BCUT2D eigenvalue weighted by Crippen LogP contribution is -2.18. The Labute approximate surface area is 118 Å². The molecular formula is C14H18N4S. The van der Waals surface area contributed by atoms with Crippen LogP contribution in [0, 0.1) is 11.5 Å². The molecule has 1 aliphatic heterocycles. The molecule has 0 amide bonds. The van der Waals surface area contributed by atoms with Gasteiger partial charge in [-0.05, 0) is 49.9 Å². The van der Waals surface area contributed by atoms with Crippen LogP contribution in [0.4, 0.5) is 5.69 Å². The van der Waals surface area contributed by atoms with Gasteiger partial charge in [-0.15, -0.1) is 0 Å². The highest BCUT2D eigenvalue weighted by Gasteiger charge is 2.11. The normalized spacial score (nSPS) is 16.3. The molecule has 1 aromatic rings. The van der Waals surface area contributed by atoms with Crippen LogP contribution in [0.1, 0.15) is 18.4 Å². The fourth-order valence-corrected chi connectivity index (χ4v) is 2.56. The molecule has 0 atom stereocenters. The van der Waals surface area contributed by atoms with E-state index in [0.717, 1.165) is 12.2 Å². The summed E-state index contributed by atoms with van der Waals surface area (Å²) in [6.45, 7) is 3.38. The van der Waals surface area contributed by atoms with Gasteiger partial charge < -0.3 is 0 Å². The van der Waals surface area contributed by atoms with Gasteiger partial charge in [0, 0.05) is 6.54 Å². The van der Waals surface area contributed by atoms with Crippen molar-refractivity contribution in [2.75, 3.05) is 19.3 Å². The lowest BCUT2D eigenvalue weighted by atomic mass is 10.2. The molecule has 1 saturated heterocycles. The molecule has 0 unspecified atom stereocenters. The van der Waals surface area contributed by atoms with E-state index in [2.05, 4.69) is 27.3 Å². The number of nitrogens with zero attached hydrogens (tertiary/aromatic N) is 3. The number of amidine groups is 1. The molecule has 4 nitrogen and oxygen atoms in total. The SMILES string of the molecule is CSC(=Nc1cccc(CN2CCCC2)c1)NC#N. The highest BCUT2D eigenvalue weighted by Crippen LogP contribution is 2.19. The Hall–Kier alpha value is -1.51. The first-order valence-electron chi connectivity index (χ1n) is 6.41. The second-order valence-electron chi connectivity index (χ2n) is 4.51. The van der Waals surface area contributed by atoms with Crippen LogP contribution >= 0.6 is 11.8 Å². The zero-order valence-corrected chi connectivity index (χ0v) is 11.9. The standard InChI is InChI=1S/C14H18N4S/c1-19-14(16-11-15)17-13-6-4-5-12(9-13)10-18-7-2-3-8-18/h4-6,9H,2-3,7-8,10H2,1H3,(H,16,17). The van der Waals surface area contributed by atoms with Crippen molar-refractivity contribution >= 4 is 22.6 Å². The molecule has 0 bridgehead atoms. The highest BCUT2D eigenvalue weighted by molar-refractivity contribution is 8.13. The Morgan fingerprint density at radius 1 is 1.47 bits per heavy atom. The number of benzene rings is 1. The number of thioether (sulfide) groups is 1. The van der Waals surface area contributed by atoms with Gasteiger partial charge in [-0.3, -0.25) is 10.2 Å². The predicted octanol–water partition coefficient (Wildman–Crippen LogP) is 2.70. The van der Waals surface area contributed by atoms with Crippen LogP contribution in [0.3, 0.4) is 0 Å². The lowest BCUT2D eigenvalue weighted by molar-refractivity contribution is 0.331. The maximum Gasteiger partial charge on any atom is 0.183 e. The van der Waals surface area contributed by atoms with Crippen LogP contribution < -0.4 is 5.32 Å². The second-order valence-corrected chi connectivity index (χ2v) is 5.31. The van der Waals surface area contributed by atoms with Gasteiger partial charge in [-0.25, -0.2) is 4.99 Å². The predicted molar refractivity (Wildman–Crippen MR) is 80.3 cm³/mol. The number of nitrogens with one attached hydrogen (secondary N) is 1. The van der Waals surface area contributed by atoms with E-state index in [1.165, 1.54) is 43.3 Å². The van der Waals surface area contributed by atoms with E-state index in [-0.39, 0.29) is 0 Å². The fourth-order valence-electron chi connectivity index (χ4n) is 2.21. The topological polar surface area (TPSA) is 51.4 Å². The van der Waals surface area contributed by atoms with E-state index in [0.29, 0.717) is 5.17 Å². The smallest absolute Gasteiger partial charge is 0.183 e. The number of aliphatic imine (C=N–C) groups is 1. The average molecular weight is 274 g/mol. The fraction of sp³-hybridized carbons (Fsp3) is 0.429. The summed E-state index contributed by atoms with van der Waals surface area (Å²) in [4.78, 5) is 6.89. The first-order valence-corrected chi connectivity index (χ1v) is 7.63. The third-order valence-electron chi connectivity index (χ3n) is 3.10. The molecular weight excluding hydrogens is 256 g/mol. The molecule has 0 aromatic heterocycles. The van der Waals surface area contributed by atoms with E-state index in [9.17, 15) is 0 Å². The van der Waals surface area contributed by atoms with Crippen molar-refractivity contribution in [3.05, 3.63) is 29.8 Å². The van der Waals surface area contributed by atoms with Gasteiger partial charge in [0.1, 0.15) is 0 Å². The molecule has 0 radical (unpaired) electrons. The van der Waals surface area contributed by atoms with Crippen LogP contribution in [0.15, 0.2) is 29.3 Å². The number of hydrogen-bond acceptors (Lipinski definition) is 4. The number of hydrogen-bond donors (Lipinski definition) is 1. The Balaban J connectivity index is 2.07. The van der Waals surface area contributed by atoms with Crippen molar-refractivity contribution in [3.63, 3.8) is 0 Å². The first kappa shape index (κ1) is 13.9. The van der Waals surface area contributed by atoms with Crippen molar-refractivity contribution in [2.45, 2.75) is 19.4 Å². The monoisotopic (exact) mass is 274 g/mol. The zero-order chi connectivity index (χ0) is 13.5. The van der Waals surface area contributed by atoms with E-state index < -0.39 is 0 Å². The summed E-state index contributed by atoms with van der Waals surface area (Å²) in [5.41, 5.74) is 2.17. The minimum absolute atomic E-state index is 0.626. The first-order chi connectivity index (χ1) is 9.31. The van der Waals surface area contributed by atoms with Gasteiger partial charge in [-0.2, -0.15) is 5.26 Å². The van der Waals surface area contributed by atoms with E-state index in [1.807, 2.05) is 24.6 Å². The maximum atomic E-state index is 8.63. The van der Waals surface area contributed by atoms with Gasteiger partial charge in [0.25, 0.3) is 0 Å². The molecule has 1 heterocycles. The highest BCUT2D eigenvalue weighted by atomic mass is 32.2. The molecule has 1 N–H and O–H groups in total. The van der Waals surface area contributed by atoms with Crippen LogP contribution in [0.2, 0.25) is 0 Å². The third-order valence-corrected chi connectivity index (χ3v) is 3.68. The quantitative estimate of drug-likeness (QED) is 0.398. The molecule has 0 aliphatic carbocycles. The van der Waals surface area contributed by atoms with Crippen molar-refractivity contribution in [2.24, 2.45) is 4.99 Å². The summed E-state index contributed by atoms with van der Waals surface area (Å²) in [5, 5.41) is 11.8. The summed E-state index contributed by atoms with van der Waals surface area (Å²) in [6, 6.07) is 8.21. The zero-order valence-electron chi connectivity index (χ0n) is 11.1. The number of rotatable bonds is 3. The van der Waals surface area contributed by atoms with Gasteiger partial charge >= 0.3 is 0 Å². The minimum Gasteiger partial charge on any atom is -0.299 e. The average Bonchev–Trinajstić information content (AvgIpc) is 2.91. The van der Waals surface area contributed by atoms with Crippen molar-refractivity contribution < 1.29 is 0 Å². The van der Waals surface area contributed by atoms with E-state index in [1.54, 1.807) is 0 Å². The molecule has 0 saturated carbocycles. The maximum absolute atomic E-state index is 8.63. The van der Waals surface area contributed by atoms with Crippen molar-refractivity contribution in [1.82, 2.24) is 10.2 Å². The molecule has 0 spiro atoms. The summed E-state index contributed by atoms with van der Waals surface area (Å²) < 4.78 is 0. The van der Waals surface area contributed by atoms with Crippen molar-refractivity contribution in [3.8, 4) is 6.19 Å². The molecule has 1 fully saturated rings. The minimum atomic E-state index is 0.626. The number of likely N-dealkylation sites (tertiary alicyclic amines) is 1. The van der Waals surface area contributed by atoms with Crippen LogP contribution in [-0.4, -0.2) is 29.4 Å². The molecule has 100 valence electrons. The molecule has 5 heteroatoms. The van der Waals surface area contributed by atoms with E-state index in [4.69, 9.17) is 5.26 Å². The number of nitriles is 1. The lowest BCUT2D eigenvalue weighted by Gasteiger charge is -2.14. The Kier molecular flexibility index (Phi) is 5.25. The van der Waals surface area contributed by atoms with Gasteiger partial charge in [-0.1, -0.05) is 23.9 Å². The van der Waals surface area contributed by atoms with E-state index >= 15 is 0 Å². The summed E-state index contributed by atoms with van der Waals surface area (Å²) in [6.07, 6.45) is 6.41. The Morgan fingerprint density at radius 3 is 2.95 bits per heavy atom. The van der Waals surface area contributed by atoms with Crippen molar-refractivity contribution in [1.29, 1.82) is 5.26 Å². The third kappa shape index (κ3) is 4.27. The van der Waals surface area contributed by atoms with Crippen LogP contribution in [0.5, 0.6) is 0 Å². The van der Waals surface area contributed by atoms with Gasteiger partial charge in [0.05, 0.1) is 5.69 Å². The molecule has 19 heavy (non-hydrogen) atoms. The Morgan fingerprint density at radius 2 is 2.26 bits per heavy atom. The van der Waals surface area contributed by atoms with Gasteiger partial charge in [0.15, 0.2) is 11.4 Å². The summed E-state index contributed by atoms with van der Waals surface area (Å²) in [5.74, 6) is 0. The van der Waals surface area contributed by atoms with Gasteiger partial charge in [0.2, 0.25) is 0 Å². The van der Waals surface area contributed by atoms with Crippen LogP contribution in [0.25, 0.3) is 0 Å². The second kappa shape index (κ2) is 7.17. The largest absolute Gasteiger partial charge is 0.299 e. The summed E-state index contributed by atoms with van der Waals surface area (Å²) in [7, 11) is 0. The molecule has 2 rings (SSSR count). The Bertz CT molecular complexity index is 486. The summed E-state index contributed by atoms with van der Waals surface area (Å²) >= 11 is 1.43. The molecule has 1 aromatic carbocycles. The van der Waals surface area contributed by atoms with Crippen LogP contribution in [-0.2, 0) is 6.54 Å².